The second-order valence-electron chi connectivity index (χ2n) is 3.80. The van der Waals surface area contributed by atoms with Gasteiger partial charge >= 0.3 is 5.97 Å². The lowest BCUT2D eigenvalue weighted by Gasteiger charge is -2.31. The molecule has 0 saturated carbocycles. The van der Waals surface area contributed by atoms with Gasteiger partial charge in [-0.25, -0.2) is 4.79 Å². The number of carbonyl (C=O) groups is 1. The van der Waals surface area contributed by atoms with Gasteiger partial charge in [-0.2, -0.15) is 0 Å². The zero-order chi connectivity index (χ0) is 11.2. The minimum absolute atomic E-state index is 0.158. The van der Waals surface area contributed by atoms with Crippen molar-refractivity contribution < 1.29 is 19.4 Å². The highest BCUT2D eigenvalue weighted by atomic mass is 16.7. The fourth-order valence-electron chi connectivity index (χ4n) is 1.39. The molecule has 80 valence electrons. The Hall–Kier alpha value is -1.91. The zero-order valence-corrected chi connectivity index (χ0v) is 8.40. The van der Waals surface area contributed by atoms with E-state index in [9.17, 15) is 9.90 Å². The summed E-state index contributed by atoms with van der Waals surface area (Å²) in [5, 5.41) is 9.33. The third-order valence-electron chi connectivity index (χ3n) is 2.04. The number of nitrogens with two attached hydrogens (primary N) is 1. The van der Waals surface area contributed by atoms with Crippen molar-refractivity contribution in [2.45, 2.75) is 19.6 Å². The van der Waals surface area contributed by atoms with Gasteiger partial charge in [0, 0.05) is 26.0 Å². The lowest BCUT2D eigenvalue weighted by Crippen LogP contribution is -2.38. The number of esters is 1. The van der Waals surface area contributed by atoms with Gasteiger partial charge in [-0.15, -0.1) is 0 Å². The van der Waals surface area contributed by atoms with Gasteiger partial charge in [0.25, 0.3) is 0 Å². The van der Waals surface area contributed by atoms with Crippen molar-refractivity contribution in [1.82, 2.24) is 0 Å². The number of aromatic hydroxyl groups is 1. The van der Waals surface area contributed by atoms with E-state index in [2.05, 4.69) is 0 Å². The van der Waals surface area contributed by atoms with Crippen LogP contribution in [0.2, 0.25) is 0 Å². The van der Waals surface area contributed by atoms with Gasteiger partial charge in [-0.05, 0) is 0 Å². The molecule has 0 fully saturated rings. The SMILES string of the molecule is CC1(C)OC(=O)c2cc(O)c(N)cc2O1. The van der Waals surface area contributed by atoms with E-state index in [-0.39, 0.29) is 17.0 Å². The number of phenolic OH excluding ortho intramolecular Hbond substituents is 1. The molecule has 0 radical (unpaired) electrons. The maximum Gasteiger partial charge on any atom is 0.345 e. The van der Waals surface area contributed by atoms with E-state index in [1.165, 1.54) is 12.1 Å². The van der Waals surface area contributed by atoms with Crippen LogP contribution in [0.25, 0.3) is 0 Å². The van der Waals surface area contributed by atoms with E-state index in [0.717, 1.165) is 0 Å². The van der Waals surface area contributed by atoms with Crippen molar-refractivity contribution in [2.75, 3.05) is 5.73 Å². The van der Waals surface area contributed by atoms with Crippen molar-refractivity contribution in [3.8, 4) is 11.5 Å². The summed E-state index contributed by atoms with van der Waals surface area (Å²) in [6, 6.07) is 2.65. The highest BCUT2D eigenvalue weighted by Gasteiger charge is 2.34. The zero-order valence-electron chi connectivity index (χ0n) is 8.40. The Labute approximate surface area is 86.4 Å². The van der Waals surface area contributed by atoms with Crippen LogP contribution in [-0.2, 0) is 4.74 Å². The lowest BCUT2D eigenvalue weighted by molar-refractivity contribution is -0.127. The highest BCUT2D eigenvalue weighted by molar-refractivity contribution is 5.95. The van der Waals surface area contributed by atoms with Crippen LogP contribution in [0.4, 0.5) is 5.69 Å². The molecule has 15 heavy (non-hydrogen) atoms. The lowest BCUT2D eigenvalue weighted by atomic mass is 10.1. The largest absolute Gasteiger partial charge is 0.506 e. The van der Waals surface area contributed by atoms with Crippen LogP contribution in [0.1, 0.15) is 24.2 Å². The summed E-state index contributed by atoms with van der Waals surface area (Å²) in [6.45, 7) is 3.24. The molecule has 1 aromatic carbocycles. The van der Waals surface area contributed by atoms with Gasteiger partial charge in [0.05, 0.1) is 5.69 Å². The average molecular weight is 209 g/mol. The molecule has 1 aliphatic heterocycles. The van der Waals surface area contributed by atoms with E-state index >= 15 is 0 Å². The Morgan fingerprint density at radius 3 is 2.67 bits per heavy atom. The average Bonchev–Trinajstić information content (AvgIpc) is 2.07. The molecule has 2 rings (SSSR count). The van der Waals surface area contributed by atoms with Crippen LogP contribution in [0.5, 0.6) is 11.5 Å². The van der Waals surface area contributed by atoms with E-state index in [4.69, 9.17) is 15.2 Å². The monoisotopic (exact) mass is 209 g/mol. The summed E-state index contributed by atoms with van der Waals surface area (Å²) in [5.74, 6) is -1.37. The highest BCUT2D eigenvalue weighted by Crippen LogP contribution is 2.36. The molecule has 0 unspecified atom stereocenters. The predicted octanol–water partition coefficient (Wildman–Crippen LogP) is 1.26. The van der Waals surface area contributed by atoms with Gasteiger partial charge in [-0.3, -0.25) is 0 Å². The van der Waals surface area contributed by atoms with Crippen LogP contribution in [-0.4, -0.2) is 16.9 Å². The Kier molecular flexibility index (Phi) is 1.79. The third kappa shape index (κ3) is 1.56. The number of nitrogen functional groups attached to an aromatic ring is 1. The fraction of sp³-hybridized carbons (Fsp3) is 0.300. The molecule has 0 saturated heterocycles. The second-order valence-corrected chi connectivity index (χ2v) is 3.80. The standard InChI is InChI=1S/C10H11NO4/c1-10(2)14-8-4-6(11)7(12)3-5(8)9(13)15-10/h3-4,12H,11H2,1-2H3. The normalized spacial score (nSPS) is 17.6. The predicted molar refractivity (Wildman–Crippen MR) is 52.6 cm³/mol. The molecule has 1 heterocycles. The maximum absolute atomic E-state index is 11.5. The Morgan fingerprint density at radius 2 is 2.00 bits per heavy atom. The van der Waals surface area contributed by atoms with Crippen LogP contribution in [0.15, 0.2) is 12.1 Å². The summed E-state index contributed by atoms with van der Waals surface area (Å²) < 4.78 is 10.4. The first kappa shape index (κ1) is 9.64. The number of cyclic esters (lactones) is 1. The smallest absolute Gasteiger partial charge is 0.345 e. The molecule has 0 aromatic heterocycles. The van der Waals surface area contributed by atoms with Crippen molar-refractivity contribution in [3.63, 3.8) is 0 Å². The summed E-state index contributed by atoms with van der Waals surface area (Å²) in [4.78, 5) is 11.5. The number of carbonyl (C=O) groups excluding carboxylic acids is 1. The molecule has 1 aliphatic rings. The summed E-state index contributed by atoms with van der Waals surface area (Å²) in [7, 11) is 0. The topological polar surface area (TPSA) is 81.8 Å². The molecule has 0 atom stereocenters. The molecule has 0 spiro atoms. The molecule has 0 bridgehead atoms. The van der Waals surface area contributed by atoms with Crippen LogP contribution >= 0.6 is 0 Å². The van der Waals surface area contributed by atoms with E-state index in [0.29, 0.717) is 5.75 Å². The van der Waals surface area contributed by atoms with Gasteiger partial charge < -0.3 is 20.3 Å². The first-order valence-electron chi connectivity index (χ1n) is 4.44. The number of rotatable bonds is 0. The minimum atomic E-state index is -1.01. The number of phenols is 1. The molecular weight excluding hydrogens is 198 g/mol. The maximum atomic E-state index is 11.5. The number of hydrogen-bond donors (Lipinski definition) is 2. The van der Waals surface area contributed by atoms with E-state index < -0.39 is 11.8 Å². The number of fused-ring (bicyclic) bond motifs is 1. The minimum Gasteiger partial charge on any atom is -0.506 e. The molecular formula is C10H11NO4. The first-order chi connectivity index (χ1) is 6.89. The molecule has 5 nitrogen and oxygen atoms in total. The van der Waals surface area contributed by atoms with Gasteiger partial charge in [0.2, 0.25) is 5.79 Å². The molecule has 3 N–H and O–H groups in total. The summed E-state index contributed by atoms with van der Waals surface area (Å²) >= 11 is 0. The van der Waals surface area contributed by atoms with Crippen molar-refractivity contribution >= 4 is 11.7 Å². The van der Waals surface area contributed by atoms with E-state index in [1.54, 1.807) is 13.8 Å². The Bertz CT molecular complexity index is 439. The van der Waals surface area contributed by atoms with E-state index in [1.807, 2.05) is 0 Å². The summed E-state index contributed by atoms with van der Waals surface area (Å²) in [6.07, 6.45) is 0. The van der Waals surface area contributed by atoms with Gasteiger partial charge in [0.15, 0.2) is 0 Å². The third-order valence-corrected chi connectivity index (χ3v) is 2.04. The van der Waals surface area contributed by atoms with Crippen LogP contribution < -0.4 is 10.5 Å². The number of anilines is 1. The molecule has 0 aliphatic carbocycles. The summed E-state index contributed by atoms with van der Waals surface area (Å²) in [5.41, 5.74) is 5.84. The van der Waals surface area contributed by atoms with Crippen molar-refractivity contribution in [2.24, 2.45) is 0 Å². The van der Waals surface area contributed by atoms with Crippen molar-refractivity contribution in [3.05, 3.63) is 17.7 Å². The number of benzene rings is 1. The quantitative estimate of drug-likeness (QED) is 0.382. The fourth-order valence-corrected chi connectivity index (χ4v) is 1.39. The van der Waals surface area contributed by atoms with Crippen molar-refractivity contribution in [1.29, 1.82) is 0 Å². The Morgan fingerprint density at radius 1 is 1.33 bits per heavy atom. The number of ether oxygens (including phenoxy) is 2. The number of hydrogen-bond acceptors (Lipinski definition) is 5. The molecule has 0 amide bonds. The second kappa shape index (κ2) is 2.79. The van der Waals surface area contributed by atoms with Crippen LogP contribution in [0.3, 0.4) is 0 Å². The van der Waals surface area contributed by atoms with Gasteiger partial charge in [-0.1, -0.05) is 0 Å². The molecule has 1 aromatic rings. The van der Waals surface area contributed by atoms with Gasteiger partial charge in [0.1, 0.15) is 17.1 Å². The Balaban J connectivity index is 2.56. The first-order valence-corrected chi connectivity index (χ1v) is 4.44. The molecule has 5 heteroatoms. The van der Waals surface area contributed by atoms with Crippen LogP contribution in [0, 0.1) is 0 Å².